The second-order valence-electron chi connectivity index (χ2n) is 7.68. The molecule has 0 fully saturated rings. The van der Waals surface area contributed by atoms with E-state index in [1.807, 2.05) is 24.3 Å². The minimum Gasteiger partial charge on any atom is -0.399 e. The average molecular weight is 379 g/mol. The summed E-state index contributed by atoms with van der Waals surface area (Å²) in [7, 11) is 0. The monoisotopic (exact) mass is 378 g/mol. The minimum atomic E-state index is 0.805. The number of hydrogen-bond donors (Lipinski definition) is 2. The summed E-state index contributed by atoms with van der Waals surface area (Å²) < 4.78 is 0. The lowest BCUT2D eigenvalue weighted by atomic mass is 9.94. The molecule has 2 nitrogen and oxygen atoms in total. The Kier molecular flexibility index (Phi) is 5.35. The smallest absolute Gasteiger partial charge is 0.0314 e. The number of nitrogens with two attached hydrogens (primary N) is 2. The lowest BCUT2D eigenvalue weighted by molar-refractivity contribution is 1.18. The van der Waals surface area contributed by atoms with Gasteiger partial charge in [0.1, 0.15) is 0 Å². The number of rotatable bonds is 5. The highest BCUT2D eigenvalue weighted by molar-refractivity contribution is 5.68. The molecule has 2 heteroatoms. The normalized spacial score (nSPS) is 10.8. The molecule has 0 spiro atoms. The van der Waals surface area contributed by atoms with Gasteiger partial charge in [0.2, 0.25) is 0 Å². The van der Waals surface area contributed by atoms with Crippen molar-refractivity contribution >= 4 is 11.4 Å². The van der Waals surface area contributed by atoms with E-state index in [1.54, 1.807) is 0 Å². The molecule has 0 atom stereocenters. The van der Waals surface area contributed by atoms with E-state index >= 15 is 0 Å². The van der Waals surface area contributed by atoms with Gasteiger partial charge in [0.15, 0.2) is 0 Å². The molecule has 0 heterocycles. The second kappa shape index (κ2) is 8.24. The summed E-state index contributed by atoms with van der Waals surface area (Å²) in [5, 5.41) is 0. The van der Waals surface area contributed by atoms with E-state index < -0.39 is 0 Å². The van der Waals surface area contributed by atoms with Gasteiger partial charge in [-0.05, 0) is 83.0 Å². The molecule has 4 aromatic rings. The van der Waals surface area contributed by atoms with Crippen molar-refractivity contribution in [2.75, 3.05) is 11.5 Å². The third-order valence-electron chi connectivity index (χ3n) is 5.33. The highest BCUT2D eigenvalue weighted by atomic mass is 14.5. The van der Waals surface area contributed by atoms with Crippen LogP contribution in [0.15, 0.2) is 91.0 Å². The molecule has 0 saturated heterocycles. The summed E-state index contributed by atoms with van der Waals surface area (Å²) in [4.78, 5) is 0. The zero-order valence-electron chi connectivity index (χ0n) is 16.7. The van der Waals surface area contributed by atoms with Crippen LogP contribution in [0.3, 0.4) is 0 Å². The third-order valence-corrected chi connectivity index (χ3v) is 5.33. The number of anilines is 2. The number of nitrogen functional groups attached to an aromatic ring is 2. The Labute approximate surface area is 172 Å². The summed E-state index contributed by atoms with van der Waals surface area (Å²) in [6.07, 6.45) is 1.84. The summed E-state index contributed by atoms with van der Waals surface area (Å²) >= 11 is 0. The molecule has 0 bridgehead atoms. The highest BCUT2D eigenvalue weighted by Gasteiger charge is 2.05. The maximum absolute atomic E-state index is 5.78. The molecule has 0 unspecified atom stereocenters. The molecular weight excluding hydrogens is 352 g/mol. The molecular formula is C27H26N2. The Morgan fingerprint density at radius 3 is 1.41 bits per heavy atom. The van der Waals surface area contributed by atoms with E-state index in [9.17, 15) is 0 Å². The molecule has 4 rings (SSSR count). The molecule has 0 amide bonds. The van der Waals surface area contributed by atoms with Gasteiger partial charge in [0.25, 0.3) is 0 Å². The van der Waals surface area contributed by atoms with E-state index in [1.165, 1.54) is 38.9 Å². The number of aryl methyl sites for hydroxylation is 1. The highest BCUT2D eigenvalue weighted by Crippen LogP contribution is 2.26. The lowest BCUT2D eigenvalue weighted by Crippen LogP contribution is -1.93. The van der Waals surface area contributed by atoms with Crippen molar-refractivity contribution in [2.45, 2.75) is 19.8 Å². The van der Waals surface area contributed by atoms with Gasteiger partial charge in [0.05, 0.1) is 0 Å². The first-order chi connectivity index (χ1) is 14.1. The van der Waals surface area contributed by atoms with Gasteiger partial charge >= 0.3 is 0 Å². The van der Waals surface area contributed by atoms with E-state index in [0.29, 0.717) is 0 Å². The maximum atomic E-state index is 5.78. The van der Waals surface area contributed by atoms with Crippen LogP contribution in [0.5, 0.6) is 0 Å². The van der Waals surface area contributed by atoms with Crippen LogP contribution in [0.25, 0.3) is 11.1 Å². The zero-order chi connectivity index (χ0) is 20.2. The molecule has 0 saturated carbocycles. The van der Waals surface area contributed by atoms with Crippen molar-refractivity contribution in [1.82, 2.24) is 0 Å². The van der Waals surface area contributed by atoms with Crippen LogP contribution in [0.1, 0.15) is 27.8 Å². The van der Waals surface area contributed by atoms with Crippen molar-refractivity contribution in [3.8, 4) is 11.1 Å². The van der Waals surface area contributed by atoms with Gasteiger partial charge in [0, 0.05) is 11.4 Å². The quantitative estimate of drug-likeness (QED) is 0.418. The Morgan fingerprint density at radius 2 is 0.931 bits per heavy atom. The molecule has 4 N–H and O–H groups in total. The first kappa shape index (κ1) is 18.8. The van der Waals surface area contributed by atoms with Gasteiger partial charge in [-0.1, -0.05) is 66.7 Å². The number of hydrogen-bond acceptors (Lipinski definition) is 2. The van der Waals surface area contributed by atoms with Crippen molar-refractivity contribution in [3.63, 3.8) is 0 Å². The number of benzene rings is 4. The molecule has 0 aliphatic heterocycles. The summed E-state index contributed by atoms with van der Waals surface area (Å²) in [5.74, 6) is 0. The van der Waals surface area contributed by atoms with Crippen LogP contribution in [-0.4, -0.2) is 0 Å². The average Bonchev–Trinajstić information content (AvgIpc) is 2.72. The minimum absolute atomic E-state index is 0.805. The third kappa shape index (κ3) is 4.67. The van der Waals surface area contributed by atoms with Crippen LogP contribution in [0, 0.1) is 6.92 Å². The van der Waals surface area contributed by atoms with Crippen molar-refractivity contribution in [1.29, 1.82) is 0 Å². The molecule has 0 aromatic heterocycles. The van der Waals surface area contributed by atoms with Gasteiger partial charge in [-0.3, -0.25) is 0 Å². The van der Waals surface area contributed by atoms with Crippen molar-refractivity contribution < 1.29 is 0 Å². The first-order valence-corrected chi connectivity index (χ1v) is 9.94. The van der Waals surface area contributed by atoms with Crippen LogP contribution < -0.4 is 11.5 Å². The fourth-order valence-corrected chi connectivity index (χ4v) is 3.70. The van der Waals surface area contributed by atoms with Gasteiger partial charge < -0.3 is 11.5 Å². The van der Waals surface area contributed by atoms with Crippen molar-refractivity contribution in [2.24, 2.45) is 0 Å². The molecule has 0 radical (unpaired) electrons. The molecule has 0 aliphatic rings. The predicted molar refractivity (Wildman–Crippen MR) is 124 cm³/mol. The Morgan fingerprint density at radius 1 is 0.517 bits per heavy atom. The van der Waals surface area contributed by atoms with E-state index in [-0.39, 0.29) is 0 Å². The van der Waals surface area contributed by atoms with Crippen LogP contribution in [0.2, 0.25) is 0 Å². The van der Waals surface area contributed by atoms with E-state index in [4.69, 9.17) is 11.5 Å². The molecule has 144 valence electrons. The fourth-order valence-electron chi connectivity index (χ4n) is 3.70. The summed E-state index contributed by atoms with van der Waals surface area (Å²) in [6.45, 7) is 2.18. The Balaban J connectivity index is 1.49. The van der Waals surface area contributed by atoms with E-state index in [0.717, 1.165) is 24.2 Å². The fraction of sp³-hybridized carbons (Fsp3) is 0.111. The van der Waals surface area contributed by atoms with Crippen LogP contribution >= 0.6 is 0 Å². The topological polar surface area (TPSA) is 52.0 Å². The maximum Gasteiger partial charge on any atom is 0.0314 e. The SMILES string of the molecule is Cc1cc(Cc2ccc(N)cc2)ccc1-c1ccc(Cc2ccc(N)cc2)cc1. The standard InChI is InChI=1S/C27H26N2/c1-19-16-23(18-22-6-13-26(29)14-7-22)8-15-27(19)24-9-2-20(3-10-24)17-21-4-11-25(28)12-5-21/h2-16H,17-18,28-29H2,1H3. The zero-order valence-corrected chi connectivity index (χ0v) is 16.7. The van der Waals surface area contributed by atoms with Gasteiger partial charge in [-0.15, -0.1) is 0 Å². The molecule has 29 heavy (non-hydrogen) atoms. The molecule has 4 aromatic carbocycles. The van der Waals surface area contributed by atoms with Gasteiger partial charge in [-0.2, -0.15) is 0 Å². The molecule has 0 aliphatic carbocycles. The second-order valence-corrected chi connectivity index (χ2v) is 7.68. The Hall–Kier alpha value is -3.52. The van der Waals surface area contributed by atoms with Gasteiger partial charge in [-0.25, -0.2) is 0 Å². The van der Waals surface area contributed by atoms with Crippen LogP contribution in [-0.2, 0) is 12.8 Å². The van der Waals surface area contributed by atoms with Crippen LogP contribution in [0.4, 0.5) is 11.4 Å². The lowest BCUT2D eigenvalue weighted by Gasteiger charge is -2.11. The first-order valence-electron chi connectivity index (χ1n) is 9.94. The van der Waals surface area contributed by atoms with E-state index in [2.05, 4.69) is 73.7 Å². The summed E-state index contributed by atoms with van der Waals surface area (Å²) in [6, 6.07) is 31.8. The summed E-state index contributed by atoms with van der Waals surface area (Å²) in [5.41, 5.74) is 22.2. The van der Waals surface area contributed by atoms with Crippen molar-refractivity contribution in [3.05, 3.63) is 119 Å². The largest absolute Gasteiger partial charge is 0.399 e. The predicted octanol–water partition coefficient (Wildman–Crippen LogP) is 6.01. The Bertz CT molecular complexity index is 1090.